The number of hydrogen-bond acceptors (Lipinski definition) is 4. The first-order valence-electron chi connectivity index (χ1n) is 10.4. The maximum absolute atomic E-state index is 13.0. The summed E-state index contributed by atoms with van der Waals surface area (Å²) in [5.41, 5.74) is 3.60. The average Bonchev–Trinajstić information content (AvgIpc) is 2.98. The fourth-order valence-corrected chi connectivity index (χ4v) is 3.74. The van der Waals surface area contributed by atoms with Crippen LogP contribution in [0.1, 0.15) is 49.1 Å². The zero-order valence-corrected chi connectivity index (χ0v) is 18.0. The number of aliphatic hydroxyl groups is 1. The van der Waals surface area contributed by atoms with Crippen molar-refractivity contribution in [3.63, 3.8) is 0 Å². The lowest BCUT2D eigenvalue weighted by Crippen LogP contribution is -2.33. The van der Waals surface area contributed by atoms with Gasteiger partial charge in [0.2, 0.25) is 0 Å². The number of benzene rings is 2. The summed E-state index contributed by atoms with van der Waals surface area (Å²) in [6, 6.07) is 14.5. The third-order valence-corrected chi connectivity index (χ3v) is 5.32. The number of ether oxygens (including phenoxy) is 1. The minimum absolute atomic E-state index is 0.0244. The number of aliphatic hydroxyl groups excluding tert-OH is 1. The fourth-order valence-electron chi connectivity index (χ4n) is 3.74. The largest absolute Gasteiger partial charge is 0.507 e. The van der Waals surface area contributed by atoms with Crippen molar-refractivity contribution in [3.05, 3.63) is 76.4 Å². The van der Waals surface area contributed by atoms with Gasteiger partial charge < -0.3 is 14.7 Å². The standard InChI is InChI=1S/C25H29NO4/c1-5-18-9-11-19(12-10-18)23(27)21-22(20-8-6-7-17(4)15-20)26(25(29)24(21)28)13-14-30-16(2)3/h6-12,15-16,22,27H,5,13-14H2,1-4H3/b23-21-. The summed E-state index contributed by atoms with van der Waals surface area (Å²) in [6.45, 7) is 8.45. The van der Waals surface area contributed by atoms with Crippen LogP contribution < -0.4 is 0 Å². The number of ketones is 1. The molecule has 0 aliphatic carbocycles. The summed E-state index contributed by atoms with van der Waals surface area (Å²) in [5.74, 6) is -1.42. The predicted molar refractivity (Wildman–Crippen MR) is 117 cm³/mol. The number of likely N-dealkylation sites (tertiary alicyclic amines) is 1. The molecule has 1 amide bonds. The van der Waals surface area contributed by atoms with Gasteiger partial charge in [0.25, 0.3) is 11.7 Å². The summed E-state index contributed by atoms with van der Waals surface area (Å²) in [4.78, 5) is 27.3. The van der Waals surface area contributed by atoms with Gasteiger partial charge in [-0.25, -0.2) is 0 Å². The first-order chi connectivity index (χ1) is 14.3. The van der Waals surface area contributed by atoms with Crippen molar-refractivity contribution in [1.82, 2.24) is 4.90 Å². The number of aryl methyl sites for hydroxylation is 2. The third-order valence-electron chi connectivity index (χ3n) is 5.32. The Hall–Kier alpha value is -2.92. The predicted octanol–water partition coefficient (Wildman–Crippen LogP) is 4.40. The highest BCUT2D eigenvalue weighted by molar-refractivity contribution is 6.46. The summed E-state index contributed by atoms with van der Waals surface area (Å²) in [5, 5.41) is 11.1. The summed E-state index contributed by atoms with van der Waals surface area (Å²) >= 11 is 0. The second kappa shape index (κ2) is 9.26. The Morgan fingerprint density at radius 1 is 1.13 bits per heavy atom. The number of nitrogens with zero attached hydrogens (tertiary/aromatic N) is 1. The second-order valence-corrected chi connectivity index (χ2v) is 7.88. The molecule has 0 aromatic heterocycles. The molecule has 1 saturated heterocycles. The van der Waals surface area contributed by atoms with Gasteiger partial charge in [0, 0.05) is 12.1 Å². The van der Waals surface area contributed by atoms with Crippen LogP contribution in [0.15, 0.2) is 54.1 Å². The molecular formula is C25H29NO4. The topological polar surface area (TPSA) is 66.8 Å². The van der Waals surface area contributed by atoms with Gasteiger partial charge in [-0.1, -0.05) is 61.0 Å². The number of hydrogen-bond donors (Lipinski definition) is 1. The normalized spacial score (nSPS) is 18.4. The molecule has 1 aliphatic rings. The third kappa shape index (κ3) is 4.46. The molecular weight excluding hydrogens is 378 g/mol. The van der Waals surface area contributed by atoms with Gasteiger partial charge in [0.05, 0.1) is 24.3 Å². The van der Waals surface area contributed by atoms with Crippen molar-refractivity contribution in [2.45, 2.75) is 46.3 Å². The number of Topliss-reactive ketones (excluding diaryl/α,β-unsaturated/α-hetero) is 1. The van der Waals surface area contributed by atoms with E-state index in [0.717, 1.165) is 23.1 Å². The monoisotopic (exact) mass is 407 g/mol. The molecule has 3 rings (SSSR count). The molecule has 5 heteroatoms. The van der Waals surface area contributed by atoms with Crippen LogP contribution in [0.4, 0.5) is 0 Å². The molecule has 0 saturated carbocycles. The van der Waals surface area contributed by atoms with Crippen molar-refractivity contribution < 1.29 is 19.4 Å². The van der Waals surface area contributed by atoms with Crippen LogP contribution >= 0.6 is 0 Å². The van der Waals surface area contributed by atoms with Crippen LogP contribution in [0, 0.1) is 6.92 Å². The number of carbonyl (C=O) groups excluding carboxylic acids is 2. The molecule has 158 valence electrons. The van der Waals surface area contributed by atoms with E-state index in [1.807, 2.05) is 57.2 Å². The first kappa shape index (κ1) is 21.8. The highest BCUT2D eigenvalue weighted by Gasteiger charge is 2.45. The zero-order chi connectivity index (χ0) is 21.8. The van der Waals surface area contributed by atoms with Crippen LogP contribution in [0.3, 0.4) is 0 Å². The molecule has 1 aliphatic heterocycles. The summed E-state index contributed by atoms with van der Waals surface area (Å²) in [7, 11) is 0. The Balaban J connectivity index is 2.08. The Labute approximate surface area is 178 Å². The minimum atomic E-state index is -0.664. The molecule has 2 aromatic rings. The molecule has 0 spiro atoms. The maximum atomic E-state index is 13.0. The maximum Gasteiger partial charge on any atom is 0.295 e. The Kier molecular flexibility index (Phi) is 6.73. The zero-order valence-electron chi connectivity index (χ0n) is 18.0. The molecule has 0 bridgehead atoms. The van der Waals surface area contributed by atoms with Crippen molar-refractivity contribution in [2.75, 3.05) is 13.2 Å². The fraction of sp³-hybridized carbons (Fsp3) is 0.360. The van der Waals surface area contributed by atoms with Crippen LogP contribution in [0.2, 0.25) is 0 Å². The Bertz CT molecular complexity index is 959. The molecule has 2 aromatic carbocycles. The van der Waals surface area contributed by atoms with E-state index in [-0.39, 0.29) is 24.0 Å². The van der Waals surface area contributed by atoms with Gasteiger partial charge in [0.15, 0.2) is 0 Å². The van der Waals surface area contributed by atoms with Gasteiger partial charge in [-0.2, -0.15) is 0 Å². The second-order valence-electron chi connectivity index (χ2n) is 7.88. The lowest BCUT2D eigenvalue weighted by atomic mass is 9.94. The molecule has 0 radical (unpaired) electrons. The van der Waals surface area contributed by atoms with Crippen LogP contribution in [-0.2, 0) is 20.7 Å². The summed E-state index contributed by atoms with van der Waals surface area (Å²) in [6.07, 6.45) is 0.904. The smallest absolute Gasteiger partial charge is 0.295 e. The average molecular weight is 408 g/mol. The van der Waals surface area contributed by atoms with E-state index in [2.05, 4.69) is 6.92 Å². The SMILES string of the molecule is CCc1ccc(/C(O)=C2/C(=O)C(=O)N(CCOC(C)C)C2c2cccc(C)c2)cc1. The van der Waals surface area contributed by atoms with Crippen molar-refractivity contribution in [1.29, 1.82) is 0 Å². The van der Waals surface area contributed by atoms with Crippen LogP contribution in [0.25, 0.3) is 5.76 Å². The molecule has 1 atom stereocenters. The van der Waals surface area contributed by atoms with Gasteiger partial charge in [-0.05, 0) is 38.3 Å². The first-order valence-corrected chi connectivity index (χ1v) is 10.4. The minimum Gasteiger partial charge on any atom is -0.507 e. The molecule has 30 heavy (non-hydrogen) atoms. The molecule has 5 nitrogen and oxygen atoms in total. The Morgan fingerprint density at radius 3 is 2.43 bits per heavy atom. The molecule has 1 N–H and O–H groups in total. The highest BCUT2D eigenvalue weighted by Crippen LogP contribution is 2.39. The van der Waals surface area contributed by atoms with E-state index >= 15 is 0 Å². The molecule has 1 fully saturated rings. The number of carbonyl (C=O) groups is 2. The van der Waals surface area contributed by atoms with Crippen molar-refractivity contribution >= 4 is 17.4 Å². The van der Waals surface area contributed by atoms with Crippen LogP contribution in [-0.4, -0.2) is 41.0 Å². The number of amides is 1. The van der Waals surface area contributed by atoms with E-state index in [9.17, 15) is 14.7 Å². The highest BCUT2D eigenvalue weighted by atomic mass is 16.5. The lowest BCUT2D eigenvalue weighted by Gasteiger charge is -2.26. The van der Waals surface area contributed by atoms with E-state index in [4.69, 9.17) is 4.74 Å². The van der Waals surface area contributed by atoms with E-state index in [1.54, 1.807) is 12.1 Å². The van der Waals surface area contributed by atoms with Crippen molar-refractivity contribution in [3.8, 4) is 0 Å². The van der Waals surface area contributed by atoms with Gasteiger partial charge >= 0.3 is 0 Å². The van der Waals surface area contributed by atoms with Gasteiger partial charge in [0.1, 0.15) is 5.76 Å². The summed E-state index contributed by atoms with van der Waals surface area (Å²) < 4.78 is 5.62. The van der Waals surface area contributed by atoms with E-state index in [0.29, 0.717) is 12.2 Å². The van der Waals surface area contributed by atoms with Gasteiger partial charge in [-0.15, -0.1) is 0 Å². The lowest BCUT2D eigenvalue weighted by molar-refractivity contribution is -0.140. The van der Waals surface area contributed by atoms with Crippen molar-refractivity contribution in [2.24, 2.45) is 0 Å². The van der Waals surface area contributed by atoms with Crippen LogP contribution in [0.5, 0.6) is 0 Å². The van der Waals surface area contributed by atoms with E-state index < -0.39 is 17.7 Å². The Morgan fingerprint density at radius 2 is 1.83 bits per heavy atom. The van der Waals surface area contributed by atoms with E-state index in [1.165, 1.54) is 4.90 Å². The van der Waals surface area contributed by atoms with Gasteiger partial charge in [-0.3, -0.25) is 9.59 Å². The molecule has 1 unspecified atom stereocenters. The molecule has 1 heterocycles. The number of rotatable bonds is 7. The quantitative estimate of drug-likeness (QED) is 0.420.